The van der Waals surface area contributed by atoms with Gasteiger partial charge in [-0.15, -0.1) is 11.3 Å². The highest BCUT2D eigenvalue weighted by molar-refractivity contribution is 7.12. The van der Waals surface area contributed by atoms with Crippen LogP contribution in [-0.4, -0.2) is 11.6 Å². The molecule has 0 saturated carbocycles. The number of thiophene rings is 1. The number of amides is 2. The maximum absolute atomic E-state index is 11.7. The number of carbonyl (C=O) groups is 1. The Labute approximate surface area is 108 Å². The van der Waals surface area contributed by atoms with E-state index in [1.165, 1.54) is 15.3 Å². The molecule has 0 bridgehead atoms. The normalized spacial score (nSPS) is 13.3. The van der Waals surface area contributed by atoms with Crippen LogP contribution < -0.4 is 10.6 Å². The van der Waals surface area contributed by atoms with Crippen molar-refractivity contribution in [3.8, 4) is 0 Å². The van der Waals surface area contributed by atoms with Crippen LogP contribution in [0, 0.1) is 13.8 Å². The topological polar surface area (TPSA) is 41.1 Å². The lowest BCUT2D eigenvalue weighted by atomic mass is 10.1. The number of hydrogen-bond donors (Lipinski definition) is 2. The van der Waals surface area contributed by atoms with Crippen molar-refractivity contribution in [2.75, 3.05) is 0 Å². The van der Waals surface area contributed by atoms with Gasteiger partial charge in [0.1, 0.15) is 0 Å². The van der Waals surface area contributed by atoms with E-state index in [0.717, 1.165) is 0 Å². The lowest BCUT2D eigenvalue weighted by molar-refractivity contribution is 0.229. The van der Waals surface area contributed by atoms with E-state index in [4.69, 9.17) is 0 Å². The number of carbonyl (C=O) groups excluding carboxylic acids is 1. The van der Waals surface area contributed by atoms with E-state index in [-0.39, 0.29) is 17.6 Å². The Bertz CT molecular complexity index is 404. The zero-order valence-electron chi connectivity index (χ0n) is 11.5. The molecule has 0 aromatic carbocycles. The zero-order valence-corrected chi connectivity index (χ0v) is 12.3. The van der Waals surface area contributed by atoms with Gasteiger partial charge in [-0.05, 0) is 53.2 Å². The van der Waals surface area contributed by atoms with Gasteiger partial charge in [0.05, 0.1) is 6.04 Å². The largest absolute Gasteiger partial charge is 0.334 e. The first-order chi connectivity index (χ1) is 7.69. The number of hydrogen-bond acceptors (Lipinski definition) is 2. The van der Waals surface area contributed by atoms with Crippen LogP contribution in [0.2, 0.25) is 0 Å². The molecular formula is C13H22N2OS. The van der Waals surface area contributed by atoms with Gasteiger partial charge in [-0.2, -0.15) is 0 Å². The van der Waals surface area contributed by atoms with Crippen molar-refractivity contribution in [3.05, 3.63) is 21.4 Å². The first-order valence-electron chi connectivity index (χ1n) is 5.84. The van der Waals surface area contributed by atoms with Crippen LogP contribution in [0.1, 0.15) is 49.1 Å². The zero-order chi connectivity index (χ0) is 13.2. The monoisotopic (exact) mass is 254 g/mol. The van der Waals surface area contributed by atoms with Gasteiger partial charge in [-0.25, -0.2) is 4.79 Å². The van der Waals surface area contributed by atoms with E-state index >= 15 is 0 Å². The van der Waals surface area contributed by atoms with Crippen molar-refractivity contribution in [1.82, 2.24) is 10.6 Å². The second-order valence-corrected chi connectivity index (χ2v) is 6.90. The molecule has 0 fully saturated rings. The minimum atomic E-state index is -0.205. The first-order valence-corrected chi connectivity index (χ1v) is 6.66. The third-order valence-corrected chi connectivity index (χ3v) is 3.36. The summed E-state index contributed by atoms with van der Waals surface area (Å²) < 4.78 is 0. The van der Waals surface area contributed by atoms with Crippen LogP contribution in [0.3, 0.4) is 0 Å². The third kappa shape index (κ3) is 4.38. The van der Waals surface area contributed by atoms with Gasteiger partial charge < -0.3 is 10.6 Å². The van der Waals surface area contributed by atoms with Crippen LogP contribution in [0.5, 0.6) is 0 Å². The molecule has 1 atom stereocenters. The summed E-state index contributed by atoms with van der Waals surface area (Å²) in [4.78, 5) is 14.3. The lowest BCUT2D eigenvalue weighted by Crippen LogP contribution is -2.47. The molecule has 0 aliphatic heterocycles. The fourth-order valence-corrected chi connectivity index (χ4v) is 2.75. The van der Waals surface area contributed by atoms with Gasteiger partial charge in [0, 0.05) is 15.3 Å². The molecule has 17 heavy (non-hydrogen) atoms. The SMILES string of the molecule is Cc1cc(C(C)NC(=O)NC(C)(C)C)c(C)s1. The molecule has 0 saturated heterocycles. The maximum Gasteiger partial charge on any atom is 0.315 e. The average molecular weight is 254 g/mol. The van der Waals surface area contributed by atoms with E-state index < -0.39 is 0 Å². The third-order valence-electron chi connectivity index (χ3n) is 2.38. The molecule has 1 aromatic rings. The molecule has 1 heterocycles. The van der Waals surface area contributed by atoms with Crippen LogP contribution in [0.4, 0.5) is 4.79 Å². The van der Waals surface area contributed by atoms with Crippen molar-refractivity contribution in [3.63, 3.8) is 0 Å². The minimum Gasteiger partial charge on any atom is -0.334 e. The first kappa shape index (κ1) is 14.0. The highest BCUT2D eigenvalue weighted by Gasteiger charge is 2.17. The Balaban J connectivity index is 2.64. The Kier molecular flexibility index (Phi) is 4.20. The standard InChI is InChI=1S/C13H22N2OS/c1-8-7-11(10(3)17-8)9(2)14-12(16)15-13(4,5)6/h7,9H,1-6H3,(H2,14,15,16). The summed E-state index contributed by atoms with van der Waals surface area (Å²) in [5.41, 5.74) is 1.00. The second-order valence-electron chi connectivity index (χ2n) is 5.44. The van der Waals surface area contributed by atoms with Gasteiger partial charge in [0.25, 0.3) is 0 Å². The smallest absolute Gasteiger partial charge is 0.315 e. The molecule has 3 nitrogen and oxygen atoms in total. The number of rotatable bonds is 2. The van der Waals surface area contributed by atoms with E-state index in [2.05, 4.69) is 30.5 Å². The summed E-state index contributed by atoms with van der Waals surface area (Å²) in [6.45, 7) is 12.1. The molecule has 0 aliphatic rings. The molecule has 2 N–H and O–H groups in total. The summed E-state index contributed by atoms with van der Waals surface area (Å²) in [5.74, 6) is 0. The van der Waals surface area contributed by atoms with Crippen LogP contribution in [0.25, 0.3) is 0 Å². The number of urea groups is 1. The lowest BCUT2D eigenvalue weighted by Gasteiger charge is -2.23. The molecular weight excluding hydrogens is 232 g/mol. The van der Waals surface area contributed by atoms with Gasteiger partial charge in [0.15, 0.2) is 0 Å². The molecule has 4 heteroatoms. The predicted octanol–water partition coefficient (Wildman–Crippen LogP) is 3.52. The van der Waals surface area contributed by atoms with Crippen LogP contribution in [0.15, 0.2) is 6.07 Å². The van der Waals surface area contributed by atoms with Crippen molar-refractivity contribution >= 4 is 17.4 Å². The van der Waals surface area contributed by atoms with Gasteiger partial charge >= 0.3 is 6.03 Å². The molecule has 0 aliphatic carbocycles. The fourth-order valence-electron chi connectivity index (χ4n) is 1.73. The fraction of sp³-hybridized carbons (Fsp3) is 0.615. The van der Waals surface area contributed by atoms with E-state index in [1.54, 1.807) is 11.3 Å². The molecule has 1 rings (SSSR count). The Morgan fingerprint density at radius 2 is 1.94 bits per heavy atom. The summed E-state index contributed by atoms with van der Waals surface area (Å²) in [6, 6.07) is 2.07. The van der Waals surface area contributed by atoms with Crippen molar-refractivity contribution in [1.29, 1.82) is 0 Å². The molecule has 2 amide bonds. The average Bonchev–Trinajstić information content (AvgIpc) is 2.41. The van der Waals surface area contributed by atoms with Crippen LogP contribution >= 0.6 is 11.3 Å². The van der Waals surface area contributed by atoms with E-state index in [9.17, 15) is 4.79 Å². The predicted molar refractivity (Wildman–Crippen MR) is 73.6 cm³/mol. The Hall–Kier alpha value is -1.03. The second kappa shape index (κ2) is 5.08. The van der Waals surface area contributed by atoms with Gasteiger partial charge in [-0.1, -0.05) is 0 Å². The van der Waals surface area contributed by atoms with Gasteiger partial charge in [0.2, 0.25) is 0 Å². The molecule has 0 spiro atoms. The quantitative estimate of drug-likeness (QED) is 0.833. The Morgan fingerprint density at radius 1 is 1.35 bits per heavy atom. The van der Waals surface area contributed by atoms with Crippen molar-refractivity contribution in [2.24, 2.45) is 0 Å². The van der Waals surface area contributed by atoms with E-state index in [0.29, 0.717) is 0 Å². The highest BCUT2D eigenvalue weighted by Crippen LogP contribution is 2.25. The highest BCUT2D eigenvalue weighted by atomic mass is 32.1. The maximum atomic E-state index is 11.7. The summed E-state index contributed by atoms with van der Waals surface area (Å²) in [7, 11) is 0. The number of aryl methyl sites for hydroxylation is 2. The summed E-state index contributed by atoms with van der Waals surface area (Å²) in [5, 5.41) is 5.86. The van der Waals surface area contributed by atoms with Gasteiger partial charge in [-0.3, -0.25) is 0 Å². The molecule has 1 unspecified atom stereocenters. The molecule has 1 aromatic heterocycles. The minimum absolute atomic E-state index is 0.0438. The van der Waals surface area contributed by atoms with E-state index in [1.807, 2.05) is 27.7 Å². The molecule has 0 radical (unpaired) electrons. The molecule has 96 valence electrons. The van der Waals surface area contributed by atoms with Crippen molar-refractivity contribution < 1.29 is 4.79 Å². The number of nitrogens with one attached hydrogen (secondary N) is 2. The summed E-state index contributed by atoms with van der Waals surface area (Å²) >= 11 is 1.77. The van der Waals surface area contributed by atoms with Crippen molar-refractivity contribution in [2.45, 2.75) is 53.1 Å². The van der Waals surface area contributed by atoms with Crippen LogP contribution in [-0.2, 0) is 0 Å². The Morgan fingerprint density at radius 3 is 2.35 bits per heavy atom. The summed E-state index contributed by atoms with van der Waals surface area (Å²) in [6.07, 6.45) is 0.